The lowest BCUT2D eigenvalue weighted by atomic mass is 9.85. The average Bonchev–Trinajstić information content (AvgIpc) is 3.07. The maximum absolute atomic E-state index is 14.6. The molecule has 0 unspecified atom stereocenters. The van der Waals surface area contributed by atoms with Crippen LogP contribution in [0.1, 0.15) is 63.8 Å². The van der Waals surface area contributed by atoms with Gasteiger partial charge in [-0.25, -0.2) is 18.7 Å². The van der Waals surface area contributed by atoms with Crippen LogP contribution in [-0.2, 0) is 4.79 Å². The summed E-state index contributed by atoms with van der Waals surface area (Å²) in [6.07, 6.45) is 8.06. The Morgan fingerprint density at radius 2 is 1.86 bits per heavy atom. The van der Waals surface area contributed by atoms with E-state index in [-0.39, 0.29) is 40.7 Å². The molecule has 2 aliphatic carbocycles. The minimum absolute atomic E-state index is 0.0436. The first-order valence-electron chi connectivity index (χ1n) is 12.7. The molecule has 198 valence electrons. The van der Waals surface area contributed by atoms with Crippen LogP contribution in [0.15, 0.2) is 18.3 Å². The van der Waals surface area contributed by atoms with E-state index >= 15 is 0 Å². The van der Waals surface area contributed by atoms with Gasteiger partial charge in [0.25, 0.3) is 0 Å². The molecule has 0 bridgehead atoms. The number of amides is 1. The Hall–Kier alpha value is -3.05. The Bertz CT molecular complexity index is 1270. The molecule has 2 atom stereocenters. The van der Waals surface area contributed by atoms with Gasteiger partial charge in [-0.15, -0.1) is 0 Å². The van der Waals surface area contributed by atoms with Crippen molar-refractivity contribution in [3.8, 4) is 0 Å². The summed E-state index contributed by atoms with van der Waals surface area (Å²) in [5.41, 5.74) is 6.46. The highest BCUT2D eigenvalue weighted by Crippen LogP contribution is 2.38. The largest absolute Gasteiger partial charge is 0.393 e. The molecule has 5 rings (SSSR count). The fourth-order valence-corrected chi connectivity index (χ4v) is 5.68. The number of primary amides is 1. The summed E-state index contributed by atoms with van der Waals surface area (Å²) in [6, 6.07) is 1.73. The zero-order valence-corrected chi connectivity index (χ0v) is 21.0. The van der Waals surface area contributed by atoms with Crippen molar-refractivity contribution in [1.29, 1.82) is 0 Å². The number of carbonyl (C=O) groups is 1. The number of fused-ring (bicyclic) bond motifs is 1. The SMILES string of the molecule is NC(=O)C1CCC(n2c(Nc3c(F)cc(F)cc3Cl)nc3cnc(N[C@H]4CCCC[C@H](O)C4)nc32)CC1. The van der Waals surface area contributed by atoms with Crippen LogP contribution < -0.4 is 16.4 Å². The van der Waals surface area contributed by atoms with E-state index in [1.54, 1.807) is 6.20 Å². The lowest BCUT2D eigenvalue weighted by molar-refractivity contribution is -0.122. The second kappa shape index (κ2) is 10.7. The Kier molecular flexibility index (Phi) is 7.43. The number of nitrogens with two attached hydrogens (primary N) is 1. The van der Waals surface area contributed by atoms with E-state index in [4.69, 9.17) is 22.3 Å². The number of aliphatic hydroxyl groups excluding tert-OH is 1. The van der Waals surface area contributed by atoms with Gasteiger partial charge in [0.05, 0.1) is 23.0 Å². The zero-order chi connectivity index (χ0) is 26.1. The average molecular weight is 534 g/mol. The molecule has 37 heavy (non-hydrogen) atoms. The molecule has 0 aliphatic heterocycles. The predicted octanol–water partition coefficient (Wildman–Crippen LogP) is 4.82. The minimum Gasteiger partial charge on any atom is -0.393 e. The fraction of sp³-hybridized carbons (Fsp3) is 0.520. The zero-order valence-electron chi connectivity index (χ0n) is 20.3. The van der Waals surface area contributed by atoms with Crippen LogP contribution in [0.25, 0.3) is 11.2 Å². The predicted molar refractivity (Wildman–Crippen MR) is 137 cm³/mol. The third kappa shape index (κ3) is 5.62. The standard InChI is InChI=1S/C25H30ClF2N7O2/c26-18-9-14(27)10-19(28)21(18)33-25-32-20-12-30-24(31-15-3-1-2-4-17(36)11-15)34-23(20)35(25)16-7-5-13(6-8-16)22(29)37/h9-10,12-13,15-17,36H,1-8,11H2,(H2,29,37)(H,32,33)(H,30,31,34)/t13?,15-,16?,17-/m0/s1. The van der Waals surface area contributed by atoms with Gasteiger partial charge in [-0.3, -0.25) is 9.36 Å². The van der Waals surface area contributed by atoms with Crippen LogP contribution >= 0.6 is 11.6 Å². The molecule has 12 heteroatoms. The molecule has 1 aromatic carbocycles. The quantitative estimate of drug-likeness (QED) is 0.334. The maximum Gasteiger partial charge on any atom is 0.224 e. The van der Waals surface area contributed by atoms with E-state index in [1.807, 2.05) is 4.57 Å². The lowest BCUT2D eigenvalue weighted by Crippen LogP contribution is -2.29. The summed E-state index contributed by atoms with van der Waals surface area (Å²) in [6.45, 7) is 0. The van der Waals surface area contributed by atoms with E-state index in [9.17, 15) is 18.7 Å². The molecule has 3 aromatic rings. The number of anilines is 3. The van der Waals surface area contributed by atoms with Gasteiger partial charge < -0.3 is 21.5 Å². The van der Waals surface area contributed by atoms with E-state index in [0.717, 1.165) is 37.8 Å². The van der Waals surface area contributed by atoms with E-state index in [1.165, 1.54) is 0 Å². The number of hydrogen-bond donors (Lipinski definition) is 4. The first-order valence-corrected chi connectivity index (χ1v) is 13.1. The van der Waals surface area contributed by atoms with Crippen LogP contribution in [-0.4, -0.2) is 42.7 Å². The van der Waals surface area contributed by atoms with Crippen molar-refractivity contribution in [1.82, 2.24) is 19.5 Å². The van der Waals surface area contributed by atoms with Crippen molar-refractivity contribution in [3.05, 3.63) is 35.0 Å². The van der Waals surface area contributed by atoms with Crippen LogP contribution in [0.3, 0.4) is 0 Å². The number of halogens is 3. The molecule has 2 saturated carbocycles. The molecular weight excluding hydrogens is 504 g/mol. The fourth-order valence-electron chi connectivity index (χ4n) is 5.43. The lowest BCUT2D eigenvalue weighted by Gasteiger charge is -2.29. The van der Waals surface area contributed by atoms with Gasteiger partial charge in [0.2, 0.25) is 17.8 Å². The Balaban J connectivity index is 1.51. The summed E-state index contributed by atoms with van der Waals surface area (Å²) in [4.78, 5) is 25.5. The van der Waals surface area contributed by atoms with Crippen molar-refractivity contribution >= 4 is 46.3 Å². The first kappa shape index (κ1) is 25.6. The van der Waals surface area contributed by atoms with E-state index in [0.29, 0.717) is 55.2 Å². The molecule has 0 saturated heterocycles. The topological polar surface area (TPSA) is 131 Å². The Labute approximate surface area is 217 Å². The summed E-state index contributed by atoms with van der Waals surface area (Å²) in [5.74, 6) is -1.43. The monoisotopic (exact) mass is 533 g/mol. The Morgan fingerprint density at radius 1 is 1.11 bits per heavy atom. The summed E-state index contributed by atoms with van der Waals surface area (Å²) < 4.78 is 30.1. The highest BCUT2D eigenvalue weighted by molar-refractivity contribution is 6.33. The van der Waals surface area contributed by atoms with Crippen LogP contribution in [0.5, 0.6) is 0 Å². The summed E-state index contributed by atoms with van der Waals surface area (Å²) in [7, 11) is 0. The van der Waals surface area contributed by atoms with E-state index < -0.39 is 11.6 Å². The number of rotatable bonds is 6. The van der Waals surface area contributed by atoms with Gasteiger partial charge in [0, 0.05) is 24.1 Å². The number of benzene rings is 1. The Morgan fingerprint density at radius 3 is 2.59 bits per heavy atom. The van der Waals surface area contributed by atoms with Crippen molar-refractivity contribution in [3.63, 3.8) is 0 Å². The van der Waals surface area contributed by atoms with Crippen molar-refractivity contribution in [2.75, 3.05) is 10.6 Å². The van der Waals surface area contributed by atoms with Crippen LogP contribution in [0.2, 0.25) is 5.02 Å². The number of nitrogens with zero attached hydrogens (tertiary/aromatic N) is 4. The van der Waals surface area contributed by atoms with Gasteiger partial charge in [-0.1, -0.05) is 24.4 Å². The van der Waals surface area contributed by atoms with Gasteiger partial charge in [-0.2, -0.15) is 4.98 Å². The maximum atomic E-state index is 14.6. The third-order valence-corrected chi connectivity index (χ3v) is 7.67. The number of aromatic nitrogens is 4. The van der Waals surface area contributed by atoms with Crippen molar-refractivity contribution in [2.24, 2.45) is 11.7 Å². The normalized spacial score (nSPS) is 24.5. The number of aliphatic hydroxyl groups is 1. The molecular formula is C25H30ClF2N7O2. The molecule has 1 amide bonds. The molecule has 9 nitrogen and oxygen atoms in total. The third-order valence-electron chi connectivity index (χ3n) is 7.37. The van der Waals surface area contributed by atoms with Gasteiger partial charge in [-0.05, 0) is 51.0 Å². The molecule has 0 spiro atoms. The molecule has 2 aliphatic rings. The molecule has 2 aromatic heterocycles. The second-order valence-electron chi connectivity index (χ2n) is 10.0. The smallest absolute Gasteiger partial charge is 0.224 e. The minimum atomic E-state index is -0.846. The second-order valence-corrected chi connectivity index (χ2v) is 10.4. The van der Waals surface area contributed by atoms with Gasteiger partial charge in [0.15, 0.2) is 11.5 Å². The van der Waals surface area contributed by atoms with Gasteiger partial charge in [0.1, 0.15) is 11.3 Å². The highest BCUT2D eigenvalue weighted by Gasteiger charge is 2.30. The van der Waals surface area contributed by atoms with Gasteiger partial charge >= 0.3 is 0 Å². The number of nitrogens with one attached hydrogen (secondary N) is 2. The molecule has 0 radical (unpaired) electrons. The van der Waals surface area contributed by atoms with E-state index in [2.05, 4.69) is 20.6 Å². The number of carbonyl (C=O) groups excluding carboxylic acids is 1. The number of hydrogen-bond acceptors (Lipinski definition) is 7. The van der Waals surface area contributed by atoms with Crippen LogP contribution in [0.4, 0.5) is 26.4 Å². The number of imidazole rings is 1. The highest BCUT2D eigenvalue weighted by atomic mass is 35.5. The first-order chi connectivity index (χ1) is 17.8. The van der Waals surface area contributed by atoms with Crippen molar-refractivity contribution in [2.45, 2.75) is 76.0 Å². The molecule has 2 fully saturated rings. The van der Waals surface area contributed by atoms with Crippen molar-refractivity contribution < 1.29 is 18.7 Å². The van der Waals surface area contributed by atoms with Crippen LogP contribution in [0, 0.1) is 17.6 Å². The molecule has 5 N–H and O–H groups in total. The molecule has 2 heterocycles. The summed E-state index contributed by atoms with van der Waals surface area (Å²) in [5, 5.41) is 16.4. The summed E-state index contributed by atoms with van der Waals surface area (Å²) >= 11 is 6.14.